The summed E-state index contributed by atoms with van der Waals surface area (Å²) in [6.45, 7) is -0.433. The first-order valence-electron chi connectivity index (χ1n) is 5.53. The van der Waals surface area contributed by atoms with Crippen molar-refractivity contribution in [3.8, 4) is 11.5 Å². The van der Waals surface area contributed by atoms with Gasteiger partial charge in [0.15, 0.2) is 11.6 Å². The lowest BCUT2D eigenvalue weighted by atomic mass is 10.2. The first kappa shape index (κ1) is 14.4. The number of para-hydroxylation sites is 1. The molecule has 0 saturated carbocycles. The minimum Gasteiger partial charge on any atom is -0.447 e. The summed E-state index contributed by atoms with van der Waals surface area (Å²) in [5, 5.41) is 20.1. The summed E-state index contributed by atoms with van der Waals surface area (Å²) in [5.41, 5.74) is -0.0891. The van der Waals surface area contributed by atoms with Gasteiger partial charge in [0.2, 0.25) is 5.75 Å². The molecule has 2 aromatic carbocycles. The smallest absolute Gasteiger partial charge is 0.312 e. The van der Waals surface area contributed by atoms with Crippen molar-refractivity contribution in [1.82, 2.24) is 0 Å². The van der Waals surface area contributed by atoms with E-state index in [9.17, 15) is 14.5 Å². The first-order valence-corrected chi connectivity index (χ1v) is 6.32. The molecule has 104 valence electrons. The van der Waals surface area contributed by atoms with E-state index in [0.29, 0.717) is 4.47 Å². The maximum atomic E-state index is 13.7. The van der Waals surface area contributed by atoms with Gasteiger partial charge in [0.1, 0.15) is 0 Å². The molecular weight excluding hydrogens is 333 g/mol. The van der Waals surface area contributed by atoms with E-state index in [1.165, 1.54) is 24.3 Å². The van der Waals surface area contributed by atoms with Crippen LogP contribution in [0.1, 0.15) is 5.56 Å². The number of hydrogen-bond donors (Lipinski definition) is 1. The van der Waals surface area contributed by atoms with Gasteiger partial charge in [-0.2, -0.15) is 0 Å². The summed E-state index contributed by atoms with van der Waals surface area (Å²) in [6.07, 6.45) is 0. The molecule has 0 fully saturated rings. The van der Waals surface area contributed by atoms with Crippen LogP contribution in [0.15, 0.2) is 40.9 Å². The summed E-state index contributed by atoms with van der Waals surface area (Å²) >= 11 is 3.12. The van der Waals surface area contributed by atoms with E-state index in [-0.39, 0.29) is 22.7 Å². The Hall–Kier alpha value is -1.99. The minimum atomic E-state index is -0.700. The topological polar surface area (TPSA) is 72.6 Å². The number of aliphatic hydroxyl groups is 1. The zero-order valence-corrected chi connectivity index (χ0v) is 11.6. The highest BCUT2D eigenvalue weighted by Gasteiger charge is 2.19. The Morgan fingerprint density at radius 2 is 2.10 bits per heavy atom. The molecule has 0 bridgehead atoms. The maximum absolute atomic E-state index is 13.7. The molecule has 2 rings (SSSR count). The van der Waals surface area contributed by atoms with Crippen LogP contribution < -0.4 is 4.74 Å². The minimum absolute atomic E-state index is 0.0991. The van der Waals surface area contributed by atoms with Crippen LogP contribution >= 0.6 is 15.9 Å². The summed E-state index contributed by atoms with van der Waals surface area (Å²) in [4.78, 5) is 10.3. The fourth-order valence-corrected chi connectivity index (χ4v) is 1.97. The zero-order chi connectivity index (χ0) is 14.7. The molecule has 7 heteroatoms. The van der Waals surface area contributed by atoms with Gasteiger partial charge in [0, 0.05) is 16.1 Å². The molecule has 20 heavy (non-hydrogen) atoms. The molecule has 0 unspecified atom stereocenters. The normalized spacial score (nSPS) is 10.3. The summed E-state index contributed by atoms with van der Waals surface area (Å²) in [5.74, 6) is -1.02. The molecule has 1 N–H and O–H groups in total. The van der Waals surface area contributed by atoms with Crippen LogP contribution in [0.5, 0.6) is 11.5 Å². The Labute approximate surface area is 121 Å². The van der Waals surface area contributed by atoms with Gasteiger partial charge in [-0.1, -0.05) is 28.1 Å². The Kier molecular flexibility index (Phi) is 4.31. The van der Waals surface area contributed by atoms with E-state index < -0.39 is 17.3 Å². The molecule has 0 spiro atoms. The Balaban J connectivity index is 2.48. The predicted molar refractivity (Wildman–Crippen MR) is 73.2 cm³/mol. The Morgan fingerprint density at radius 3 is 2.75 bits per heavy atom. The van der Waals surface area contributed by atoms with Crippen molar-refractivity contribution in [2.75, 3.05) is 0 Å². The fourth-order valence-electron chi connectivity index (χ4n) is 1.62. The van der Waals surface area contributed by atoms with E-state index in [0.717, 1.165) is 6.07 Å². The number of benzene rings is 2. The van der Waals surface area contributed by atoms with Gasteiger partial charge in [-0.3, -0.25) is 10.1 Å². The van der Waals surface area contributed by atoms with Gasteiger partial charge in [0.25, 0.3) is 0 Å². The molecule has 0 heterocycles. The molecule has 0 aliphatic carbocycles. The van der Waals surface area contributed by atoms with Crippen LogP contribution in [0.2, 0.25) is 0 Å². The second-order valence-corrected chi connectivity index (χ2v) is 4.77. The second-order valence-electron chi connectivity index (χ2n) is 3.86. The lowest BCUT2D eigenvalue weighted by molar-refractivity contribution is -0.385. The molecule has 0 atom stereocenters. The molecule has 0 saturated heterocycles. The molecule has 5 nitrogen and oxygen atoms in total. The highest BCUT2D eigenvalue weighted by atomic mass is 79.9. The van der Waals surface area contributed by atoms with Crippen LogP contribution in [-0.4, -0.2) is 10.0 Å². The van der Waals surface area contributed by atoms with E-state index in [1.54, 1.807) is 6.07 Å². The average Bonchev–Trinajstić information content (AvgIpc) is 2.42. The van der Waals surface area contributed by atoms with E-state index in [1.807, 2.05) is 0 Å². The largest absolute Gasteiger partial charge is 0.447 e. The average molecular weight is 342 g/mol. The number of nitro groups is 1. The predicted octanol–water partition coefficient (Wildman–Crippen LogP) is 3.78. The number of nitrogens with zero attached hydrogens (tertiary/aromatic N) is 1. The Morgan fingerprint density at radius 1 is 1.35 bits per heavy atom. The molecular formula is C13H9BrFNO4. The SMILES string of the molecule is O=[N+]([O-])c1cc(Br)ccc1Oc1c(F)cccc1CO. The first-order chi connectivity index (χ1) is 9.52. The van der Waals surface area contributed by atoms with Gasteiger partial charge in [-0.05, 0) is 18.2 Å². The Bertz CT molecular complexity index is 663. The van der Waals surface area contributed by atoms with Crippen LogP contribution in [0.3, 0.4) is 0 Å². The van der Waals surface area contributed by atoms with Crippen molar-refractivity contribution in [1.29, 1.82) is 0 Å². The van der Waals surface area contributed by atoms with Gasteiger partial charge < -0.3 is 9.84 Å². The lowest BCUT2D eigenvalue weighted by Gasteiger charge is -2.10. The van der Waals surface area contributed by atoms with E-state index >= 15 is 0 Å². The standard InChI is InChI=1S/C13H9BrFNO4/c14-9-4-5-12(11(6-9)16(18)19)20-13-8(7-17)2-1-3-10(13)15/h1-6,17H,7H2. The van der Waals surface area contributed by atoms with Crippen molar-refractivity contribution >= 4 is 21.6 Å². The fraction of sp³-hybridized carbons (Fsp3) is 0.0769. The van der Waals surface area contributed by atoms with Gasteiger partial charge in [-0.15, -0.1) is 0 Å². The van der Waals surface area contributed by atoms with Gasteiger partial charge >= 0.3 is 5.69 Å². The van der Waals surface area contributed by atoms with Crippen molar-refractivity contribution in [3.63, 3.8) is 0 Å². The summed E-state index contributed by atoms with van der Waals surface area (Å²) in [7, 11) is 0. The maximum Gasteiger partial charge on any atom is 0.312 e. The second kappa shape index (κ2) is 5.98. The molecule has 0 aromatic heterocycles. The third-order valence-electron chi connectivity index (χ3n) is 2.55. The summed E-state index contributed by atoms with van der Waals surface area (Å²) in [6, 6.07) is 8.21. The molecule has 0 aliphatic heterocycles. The number of aliphatic hydroxyl groups excluding tert-OH is 1. The number of nitro benzene ring substituents is 1. The van der Waals surface area contributed by atoms with Crippen molar-refractivity contribution in [2.24, 2.45) is 0 Å². The third kappa shape index (κ3) is 2.94. The quantitative estimate of drug-likeness (QED) is 0.678. The van der Waals surface area contributed by atoms with Crippen LogP contribution in [0.25, 0.3) is 0 Å². The van der Waals surface area contributed by atoms with Crippen molar-refractivity contribution in [3.05, 3.63) is 62.4 Å². The molecule has 0 aliphatic rings. The number of hydrogen-bond acceptors (Lipinski definition) is 4. The summed E-state index contributed by atoms with van der Waals surface area (Å²) < 4.78 is 19.5. The lowest BCUT2D eigenvalue weighted by Crippen LogP contribution is -1.98. The highest BCUT2D eigenvalue weighted by Crippen LogP contribution is 2.36. The van der Waals surface area contributed by atoms with Gasteiger partial charge in [0.05, 0.1) is 11.5 Å². The monoisotopic (exact) mass is 341 g/mol. The van der Waals surface area contributed by atoms with E-state index in [2.05, 4.69) is 15.9 Å². The number of rotatable bonds is 4. The molecule has 2 aromatic rings. The van der Waals surface area contributed by atoms with Gasteiger partial charge in [-0.25, -0.2) is 4.39 Å². The third-order valence-corrected chi connectivity index (χ3v) is 3.04. The van der Waals surface area contributed by atoms with Crippen molar-refractivity contribution < 1.29 is 19.2 Å². The molecule has 0 radical (unpaired) electrons. The number of ether oxygens (including phenoxy) is 1. The zero-order valence-electron chi connectivity index (χ0n) is 10.0. The van der Waals surface area contributed by atoms with Crippen molar-refractivity contribution in [2.45, 2.75) is 6.61 Å². The van der Waals surface area contributed by atoms with E-state index in [4.69, 9.17) is 9.84 Å². The molecule has 0 amide bonds. The van der Waals surface area contributed by atoms with Crippen LogP contribution in [-0.2, 0) is 6.61 Å². The van der Waals surface area contributed by atoms with Crippen LogP contribution in [0.4, 0.5) is 10.1 Å². The highest BCUT2D eigenvalue weighted by molar-refractivity contribution is 9.10. The van der Waals surface area contributed by atoms with Crippen LogP contribution in [0, 0.1) is 15.9 Å². The number of halogens is 2.